The van der Waals surface area contributed by atoms with Crippen LogP contribution >= 0.6 is 11.5 Å². The predicted octanol–water partition coefficient (Wildman–Crippen LogP) is 1.38. The molecule has 1 aromatic rings. The minimum Gasteiger partial charge on any atom is -0.345 e. The van der Waals surface area contributed by atoms with E-state index in [1.807, 2.05) is 6.92 Å². The Morgan fingerprint density at radius 2 is 2.40 bits per heavy atom. The van der Waals surface area contributed by atoms with Crippen molar-refractivity contribution in [1.82, 2.24) is 14.3 Å². The molecule has 1 saturated heterocycles. The third-order valence-electron chi connectivity index (χ3n) is 3.07. The van der Waals surface area contributed by atoms with Crippen molar-refractivity contribution < 1.29 is 0 Å². The highest BCUT2D eigenvalue weighted by molar-refractivity contribution is 7.09. The largest absolute Gasteiger partial charge is 0.345 e. The lowest BCUT2D eigenvalue weighted by atomic mass is 10.2. The lowest BCUT2D eigenvalue weighted by Gasteiger charge is -2.22. The van der Waals surface area contributed by atoms with Crippen LogP contribution < -0.4 is 4.90 Å². The van der Waals surface area contributed by atoms with E-state index in [1.165, 1.54) is 18.0 Å². The predicted molar refractivity (Wildman–Crippen MR) is 63.6 cm³/mol. The highest BCUT2D eigenvalue weighted by Gasteiger charge is 2.26. The minimum atomic E-state index is 0.680. The number of aryl methyl sites for hydroxylation is 1. The second-order valence-electron chi connectivity index (χ2n) is 4.09. The molecule has 0 aliphatic carbocycles. The van der Waals surface area contributed by atoms with Gasteiger partial charge in [0.2, 0.25) is 5.13 Å². The van der Waals surface area contributed by atoms with Gasteiger partial charge in [-0.05, 0) is 26.9 Å². The Bertz CT molecular complexity index is 325. The van der Waals surface area contributed by atoms with E-state index in [-0.39, 0.29) is 0 Å². The molecule has 0 spiro atoms. The number of hydrogen-bond donors (Lipinski definition) is 0. The van der Waals surface area contributed by atoms with Gasteiger partial charge < -0.3 is 9.80 Å². The second kappa shape index (κ2) is 4.45. The van der Waals surface area contributed by atoms with Crippen molar-refractivity contribution in [2.75, 3.05) is 31.6 Å². The van der Waals surface area contributed by atoms with E-state index in [0.717, 1.165) is 30.6 Å². The van der Waals surface area contributed by atoms with Crippen molar-refractivity contribution in [2.24, 2.45) is 0 Å². The van der Waals surface area contributed by atoms with Crippen LogP contribution in [-0.4, -0.2) is 47.0 Å². The third kappa shape index (κ3) is 2.29. The molecule has 1 fully saturated rings. The maximum atomic E-state index is 4.43. The standard InChI is InChI=1S/C10H18N4S/c1-4-13(3)9-5-6-14(7-9)10-11-8(2)12-15-10/h9H,4-7H2,1-3H3. The van der Waals surface area contributed by atoms with E-state index in [4.69, 9.17) is 0 Å². The molecule has 2 heterocycles. The Balaban J connectivity index is 1.98. The van der Waals surface area contributed by atoms with Crippen LogP contribution in [0, 0.1) is 6.92 Å². The highest BCUT2D eigenvalue weighted by Crippen LogP contribution is 2.23. The van der Waals surface area contributed by atoms with Crippen LogP contribution in [0.5, 0.6) is 0 Å². The minimum absolute atomic E-state index is 0.680. The first-order chi connectivity index (χ1) is 7.20. The summed E-state index contributed by atoms with van der Waals surface area (Å²) in [5, 5.41) is 1.08. The van der Waals surface area contributed by atoms with Crippen LogP contribution in [0.25, 0.3) is 0 Å². The smallest absolute Gasteiger partial charge is 0.205 e. The lowest BCUT2D eigenvalue weighted by Crippen LogP contribution is -2.34. The van der Waals surface area contributed by atoms with Gasteiger partial charge in [-0.15, -0.1) is 0 Å². The summed E-state index contributed by atoms with van der Waals surface area (Å²) in [5.41, 5.74) is 0. The average Bonchev–Trinajstić information content (AvgIpc) is 2.84. The SMILES string of the molecule is CCN(C)C1CCN(c2nc(C)ns2)C1. The van der Waals surface area contributed by atoms with Gasteiger partial charge in [-0.1, -0.05) is 6.92 Å². The molecule has 1 aliphatic heterocycles. The van der Waals surface area contributed by atoms with Gasteiger partial charge in [0.05, 0.1) is 0 Å². The summed E-state index contributed by atoms with van der Waals surface area (Å²) in [6.45, 7) is 7.49. The third-order valence-corrected chi connectivity index (χ3v) is 3.94. The van der Waals surface area contributed by atoms with Crippen molar-refractivity contribution in [2.45, 2.75) is 26.3 Å². The number of aromatic nitrogens is 2. The zero-order valence-corrected chi connectivity index (χ0v) is 10.4. The summed E-state index contributed by atoms with van der Waals surface area (Å²) in [5.74, 6) is 0.891. The van der Waals surface area contributed by atoms with Crippen molar-refractivity contribution in [3.05, 3.63) is 5.82 Å². The fraction of sp³-hybridized carbons (Fsp3) is 0.800. The number of anilines is 1. The molecule has 1 atom stereocenters. The first-order valence-electron chi connectivity index (χ1n) is 5.46. The maximum Gasteiger partial charge on any atom is 0.205 e. The van der Waals surface area contributed by atoms with Gasteiger partial charge in [-0.2, -0.15) is 4.37 Å². The summed E-state index contributed by atoms with van der Waals surface area (Å²) in [4.78, 5) is 9.19. The number of rotatable bonds is 3. The summed E-state index contributed by atoms with van der Waals surface area (Å²) in [6, 6.07) is 0.680. The maximum absolute atomic E-state index is 4.43. The molecule has 4 nitrogen and oxygen atoms in total. The molecule has 0 N–H and O–H groups in total. The molecular weight excluding hydrogens is 208 g/mol. The molecule has 0 aromatic carbocycles. The summed E-state index contributed by atoms with van der Waals surface area (Å²) in [6.07, 6.45) is 1.24. The van der Waals surface area contributed by atoms with Crippen LogP contribution in [0.15, 0.2) is 0 Å². The molecule has 0 bridgehead atoms. The van der Waals surface area contributed by atoms with E-state index in [1.54, 1.807) is 0 Å². The van der Waals surface area contributed by atoms with Crippen molar-refractivity contribution in [1.29, 1.82) is 0 Å². The van der Waals surface area contributed by atoms with Gasteiger partial charge in [-0.3, -0.25) is 0 Å². The first-order valence-corrected chi connectivity index (χ1v) is 6.23. The Labute approximate surface area is 95.1 Å². The van der Waals surface area contributed by atoms with Gasteiger partial charge in [0.1, 0.15) is 5.82 Å². The molecule has 2 rings (SSSR count). The van der Waals surface area contributed by atoms with Crippen LogP contribution in [0.2, 0.25) is 0 Å². The summed E-state index contributed by atoms with van der Waals surface area (Å²) in [7, 11) is 2.19. The highest BCUT2D eigenvalue weighted by atomic mass is 32.1. The van der Waals surface area contributed by atoms with Crippen LogP contribution in [-0.2, 0) is 0 Å². The first kappa shape index (κ1) is 10.8. The molecule has 0 radical (unpaired) electrons. The van der Waals surface area contributed by atoms with Crippen LogP contribution in [0.3, 0.4) is 0 Å². The second-order valence-corrected chi connectivity index (χ2v) is 4.82. The van der Waals surface area contributed by atoms with Crippen LogP contribution in [0.4, 0.5) is 5.13 Å². The lowest BCUT2D eigenvalue weighted by molar-refractivity contribution is 0.272. The number of nitrogens with zero attached hydrogens (tertiary/aromatic N) is 4. The molecule has 15 heavy (non-hydrogen) atoms. The van der Waals surface area contributed by atoms with Gasteiger partial charge in [0, 0.05) is 30.7 Å². The topological polar surface area (TPSA) is 32.3 Å². The van der Waals surface area contributed by atoms with Gasteiger partial charge >= 0.3 is 0 Å². The zero-order valence-electron chi connectivity index (χ0n) is 9.60. The Morgan fingerprint density at radius 3 is 3.00 bits per heavy atom. The zero-order chi connectivity index (χ0) is 10.8. The summed E-state index contributed by atoms with van der Waals surface area (Å²) < 4.78 is 4.23. The molecule has 0 saturated carbocycles. The van der Waals surface area contributed by atoms with Crippen LogP contribution in [0.1, 0.15) is 19.2 Å². The van der Waals surface area contributed by atoms with E-state index < -0.39 is 0 Å². The average molecular weight is 226 g/mol. The Morgan fingerprint density at radius 1 is 1.60 bits per heavy atom. The van der Waals surface area contributed by atoms with Gasteiger partial charge in [-0.25, -0.2) is 4.98 Å². The monoisotopic (exact) mass is 226 g/mol. The van der Waals surface area contributed by atoms with E-state index >= 15 is 0 Å². The van der Waals surface area contributed by atoms with Crippen molar-refractivity contribution in [3.8, 4) is 0 Å². The Hall–Kier alpha value is -0.680. The Kier molecular flexibility index (Phi) is 3.21. The van der Waals surface area contributed by atoms with E-state index in [9.17, 15) is 0 Å². The molecular formula is C10H18N4S. The fourth-order valence-electron chi connectivity index (χ4n) is 1.95. The van der Waals surface area contributed by atoms with E-state index in [0.29, 0.717) is 6.04 Å². The fourth-order valence-corrected chi connectivity index (χ4v) is 2.66. The molecule has 1 aliphatic rings. The molecule has 5 heteroatoms. The van der Waals surface area contributed by atoms with Crippen molar-refractivity contribution in [3.63, 3.8) is 0 Å². The van der Waals surface area contributed by atoms with Gasteiger partial charge in [0.15, 0.2) is 0 Å². The number of likely N-dealkylation sites (N-methyl/N-ethyl adjacent to an activating group) is 1. The molecule has 84 valence electrons. The van der Waals surface area contributed by atoms with E-state index in [2.05, 4.69) is 33.1 Å². The molecule has 0 amide bonds. The van der Waals surface area contributed by atoms with Crippen molar-refractivity contribution >= 4 is 16.7 Å². The molecule has 1 unspecified atom stereocenters. The van der Waals surface area contributed by atoms with Gasteiger partial charge in [0.25, 0.3) is 0 Å². The summed E-state index contributed by atoms with van der Waals surface area (Å²) >= 11 is 1.51. The molecule has 1 aromatic heterocycles. The number of hydrogen-bond acceptors (Lipinski definition) is 5. The quantitative estimate of drug-likeness (QED) is 0.779. The normalized spacial score (nSPS) is 21.6.